The second-order valence-electron chi connectivity index (χ2n) is 5.34. The summed E-state index contributed by atoms with van der Waals surface area (Å²) in [5, 5.41) is 0. The maximum Gasteiger partial charge on any atom is 0.309 e. The molecule has 0 N–H and O–H groups in total. The van der Waals surface area contributed by atoms with Crippen LogP contribution in [0.25, 0.3) is 11.1 Å². The molecule has 3 rings (SSSR count). The molecule has 0 saturated heterocycles. The van der Waals surface area contributed by atoms with E-state index in [1.807, 2.05) is 30.3 Å². The molecule has 0 radical (unpaired) electrons. The topological polar surface area (TPSA) is 26.3 Å². The predicted octanol–water partition coefficient (Wildman–Crippen LogP) is 4.12. The fourth-order valence-electron chi connectivity index (χ4n) is 2.36. The Morgan fingerprint density at radius 1 is 1.10 bits per heavy atom. The zero-order valence-corrected chi connectivity index (χ0v) is 11.6. The zero-order valence-electron chi connectivity index (χ0n) is 11.6. The summed E-state index contributed by atoms with van der Waals surface area (Å²) < 4.78 is 5.38. The van der Waals surface area contributed by atoms with Gasteiger partial charge in [0.05, 0.1) is 5.92 Å². The molecule has 20 heavy (non-hydrogen) atoms. The number of hydrogen-bond acceptors (Lipinski definition) is 2. The Morgan fingerprint density at radius 3 is 2.55 bits per heavy atom. The van der Waals surface area contributed by atoms with Crippen molar-refractivity contribution >= 4 is 5.97 Å². The Balaban J connectivity index is 1.80. The Hall–Kier alpha value is -2.09. The molecule has 2 aromatic rings. The normalized spacial score (nSPS) is 14.1. The Bertz CT molecular complexity index is 613. The van der Waals surface area contributed by atoms with Crippen LogP contribution in [0.1, 0.15) is 24.0 Å². The van der Waals surface area contributed by atoms with Crippen molar-refractivity contribution in [2.24, 2.45) is 5.92 Å². The SMILES string of the molecule is Cc1c(COC(=O)C2CC2)cccc1-c1ccccc1. The van der Waals surface area contributed by atoms with E-state index in [-0.39, 0.29) is 11.9 Å². The smallest absolute Gasteiger partial charge is 0.309 e. The van der Waals surface area contributed by atoms with Crippen molar-refractivity contribution in [1.82, 2.24) is 0 Å². The number of rotatable bonds is 4. The fourth-order valence-corrected chi connectivity index (χ4v) is 2.36. The highest BCUT2D eigenvalue weighted by Crippen LogP contribution is 2.31. The summed E-state index contributed by atoms with van der Waals surface area (Å²) >= 11 is 0. The Morgan fingerprint density at radius 2 is 1.85 bits per heavy atom. The average molecular weight is 266 g/mol. The minimum Gasteiger partial charge on any atom is -0.461 e. The lowest BCUT2D eigenvalue weighted by molar-refractivity contribution is -0.146. The van der Waals surface area contributed by atoms with Gasteiger partial charge in [0, 0.05) is 0 Å². The van der Waals surface area contributed by atoms with Gasteiger partial charge in [-0.15, -0.1) is 0 Å². The van der Waals surface area contributed by atoms with E-state index in [0.29, 0.717) is 6.61 Å². The molecule has 0 unspecified atom stereocenters. The minimum atomic E-state index is -0.0467. The molecule has 0 aliphatic heterocycles. The van der Waals surface area contributed by atoms with Crippen molar-refractivity contribution < 1.29 is 9.53 Å². The van der Waals surface area contributed by atoms with Gasteiger partial charge in [-0.05, 0) is 42.0 Å². The quantitative estimate of drug-likeness (QED) is 0.778. The predicted molar refractivity (Wildman–Crippen MR) is 79.1 cm³/mol. The lowest BCUT2D eigenvalue weighted by Crippen LogP contribution is -2.07. The van der Waals surface area contributed by atoms with Crippen LogP contribution in [0.4, 0.5) is 0 Å². The van der Waals surface area contributed by atoms with Gasteiger partial charge in [0.25, 0.3) is 0 Å². The summed E-state index contributed by atoms with van der Waals surface area (Å²) in [6.07, 6.45) is 1.98. The van der Waals surface area contributed by atoms with Crippen LogP contribution in [0.5, 0.6) is 0 Å². The van der Waals surface area contributed by atoms with Gasteiger partial charge in [-0.1, -0.05) is 48.5 Å². The van der Waals surface area contributed by atoms with Crippen LogP contribution < -0.4 is 0 Å². The highest BCUT2D eigenvalue weighted by atomic mass is 16.5. The number of carbonyl (C=O) groups excluding carboxylic acids is 1. The second-order valence-corrected chi connectivity index (χ2v) is 5.34. The van der Waals surface area contributed by atoms with E-state index >= 15 is 0 Å². The fraction of sp³-hybridized carbons (Fsp3) is 0.278. The highest BCUT2D eigenvalue weighted by Gasteiger charge is 2.31. The lowest BCUT2D eigenvalue weighted by atomic mass is 9.97. The Labute approximate surface area is 119 Å². The highest BCUT2D eigenvalue weighted by molar-refractivity contribution is 5.75. The molecular formula is C18H18O2. The van der Waals surface area contributed by atoms with E-state index in [1.165, 1.54) is 16.7 Å². The van der Waals surface area contributed by atoms with E-state index in [2.05, 4.69) is 25.1 Å². The summed E-state index contributed by atoms with van der Waals surface area (Å²) in [5.74, 6) is 0.113. The molecule has 2 heteroatoms. The van der Waals surface area contributed by atoms with Gasteiger partial charge in [-0.2, -0.15) is 0 Å². The van der Waals surface area contributed by atoms with Crippen LogP contribution in [0.15, 0.2) is 48.5 Å². The van der Waals surface area contributed by atoms with Crippen molar-refractivity contribution in [2.45, 2.75) is 26.4 Å². The molecule has 1 aliphatic rings. The average Bonchev–Trinajstić information content (AvgIpc) is 3.31. The molecule has 1 aliphatic carbocycles. The first-order valence-electron chi connectivity index (χ1n) is 7.06. The second kappa shape index (κ2) is 5.49. The Kier molecular flexibility index (Phi) is 3.55. The summed E-state index contributed by atoms with van der Waals surface area (Å²) in [6.45, 7) is 2.46. The zero-order chi connectivity index (χ0) is 13.9. The molecular weight excluding hydrogens is 248 g/mol. The first-order chi connectivity index (χ1) is 9.75. The summed E-state index contributed by atoms with van der Waals surface area (Å²) in [5.41, 5.74) is 4.66. The third kappa shape index (κ3) is 2.74. The van der Waals surface area contributed by atoms with Gasteiger partial charge >= 0.3 is 5.97 Å². The summed E-state index contributed by atoms with van der Waals surface area (Å²) in [4.78, 5) is 11.6. The summed E-state index contributed by atoms with van der Waals surface area (Å²) in [6, 6.07) is 16.4. The van der Waals surface area contributed by atoms with Gasteiger partial charge in [0.15, 0.2) is 0 Å². The van der Waals surface area contributed by atoms with Gasteiger partial charge in [0.1, 0.15) is 6.61 Å². The molecule has 0 atom stereocenters. The van der Waals surface area contributed by atoms with E-state index in [1.54, 1.807) is 0 Å². The molecule has 0 heterocycles. The van der Waals surface area contributed by atoms with Crippen LogP contribution in [-0.2, 0) is 16.1 Å². The molecule has 0 aromatic heterocycles. The third-order valence-corrected chi connectivity index (χ3v) is 3.81. The number of carbonyl (C=O) groups is 1. The molecule has 0 spiro atoms. The maximum atomic E-state index is 11.6. The third-order valence-electron chi connectivity index (χ3n) is 3.81. The molecule has 102 valence electrons. The van der Waals surface area contributed by atoms with Crippen molar-refractivity contribution in [1.29, 1.82) is 0 Å². The number of esters is 1. The molecule has 1 saturated carbocycles. The van der Waals surface area contributed by atoms with Crippen molar-refractivity contribution in [3.05, 3.63) is 59.7 Å². The van der Waals surface area contributed by atoms with Gasteiger partial charge < -0.3 is 4.74 Å². The van der Waals surface area contributed by atoms with Gasteiger partial charge in [-0.25, -0.2) is 0 Å². The molecule has 1 fully saturated rings. The van der Waals surface area contributed by atoms with Crippen LogP contribution in [-0.4, -0.2) is 5.97 Å². The van der Waals surface area contributed by atoms with E-state index in [0.717, 1.165) is 18.4 Å². The number of ether oxygens (including phenoxy) is 1. The molecule has 0 amide bonds. The molecule has 2 nitrogen and oxygen atoms in total. The van der Waals surface area contributed by atoms with Crippen LogP contribution >= 0.6 is 0 Å². The standard InChI is InChI=1S/C18H18O2/c1-13-16(12-20-18(19)15-10-11-15)8-5-9-17(13)14-6-3-2-4-7-14/h2-9,15H,10-12H2,1H3. The van der Waals surface area contributed by atoms with Crippen LogP contribution in [0.2, 0.25) is 0 Å². The number of benzene rings is 2. The maximum absolute atomic E-state index is 11.6. The lowest BCUT2D eigenvalue weighted by Gasteiger charge is -2.12. The van der Waals surface area contributed by atoms with E-state index in [4.69, 9.17) is 4.74 Å². The largest absolute Gasteiger partial charge is 0.461 e. The first-order valence-corrected chi connectivity index (χ1v) is 7.06. The molecule has 2 aromatic carbocycles. The van der Waals surface area contributed by atoms with Gasteiger partial charge in [0.2, 0.25) is 0 Å². The first kappa shape index (κ1) is 12.9. The van der Waals surface area contributed by atoms with Crippen LogP contribution in [0, 0.1) is 12.8 Å². The van der Waals surface area contributed by atoms with Crippen molar-refractivity contribution in [3.63, 3.8) is 0 Å². The minimum absolute atomic E-state index is 0.0467. The van der Waals surface area contributed by atoms with Crippen molar-refractivity contribution in [2.75, 3.05) is 0 Å². The monoisotopic (exact) mass is 266 g/mol. The van der Waals surface area contributed by atoms with Crippen LogP contribution in [0.3, 0.4) is 0 Å². The van der Waals surface area contributed by atoms with Crippen molar-refractivity contribution in [3.8, 4) is 11.1 Å². The van der Waals surface area contributed by atoms with E-state index in [9.17, 15) is 4.79 Å². The van der Waals surface area contributed by atoms with E-state index < -0.39 is 0 Å². The van der Waals surface area contributed by atoms with Gasteiger partial charge in [-0.3, -0.25) is 4.79 Å². The molecule has 0 bridgehead atoms. The number of hydrogen-bond donors (Lipinski definition) is 0. The summed E-state index contributed by atoms with van der Waals surface area (Å²) in [7, 11) is 0.